The van der Waals surface area contributed by atoms with Crippen molar-refractivity contribution in [1.29, 1.82) is 0 Å². The molecule has 2 rings (SSSR count). The summed E-state index contributed by atoms with van der Waals surface area (Å²) in [6.07, 6.45) is 0. The zero-order valence-corrected chi connectivity index (χ0v) is 13.6. The van der Waals surface area contributed by atoms with Gasteiger partial charge in [-0.25, -0.2) is 4.39 Å². The Labute approximate surface area is 136 Å². The molecule has 3 nitrogen and oxygen atoms in total. The first-order chi connectivity index (χ1) is 10.1. The first-order valence-corrected chi connectivity index (χ1v) is 7.51. The fourth-order valence-corrected chi connectivity index (χ4v) is 2.68. The number of rotatable bonds is 5. The van der Waals surface area contributed by atoms with Crippen molar-refractivity contribution in [2.75, 3.05) is 19.0 Å². The van der Waals surface area contributed by atoms with Gasteiger partial charge in [-0.1, -0.05) is 30.3 Å². The lowest BCUT2D eigenvalue weighted by Crippen LogP contribution is -2.22. The van der Waals surface area contributed by atoms with Crippen LogP contribution in [0.5, 0.6) is 0 Å². The Balaban J connectivity index is 2.15. The molecule has 0 radical (unpaired) electrons. The Morgan fingerprint density at radius 1 is 1.29 bits per heavy atom. The van der Waals surface area contributed by atoms with Crippen LogP contribution >= 0.6 is 22.6 Å². The second kappa shape index (κ2) is 7.40. The minimum atomic E-state index is -0.406. The van der Waals surface area contributed by atoms with Crippen LogP contribution in [-0.2, 0) is 9.53 Å². The van der Waals surface area contributed by atoms with E-state index in [1.165, 1.54) is 19.2 Å². The summed E-state index contributed by atoms with van der Waals surface area (Å²) in [5.41, 5.74) is 1.68. The van der Waals surface area contributed by atoms with Crippen LogP contribution in [0.4, 0.5) is 10.1 Å². The number of benzene rings is 2. The largest absolute Gasteiger partial charge is 0.468 e. The molecule has 2 aromatic rings. The highest BCUT2D eigenvalue weighted by Crippen LogP contribution is 2.22. The molecule has 0 heterocycles. The van der Waals surface area contributed by atoms with Crippen molar-refractivity contribution in [3.63, 3.8) is 0 Å². The molecule has 0 spiro atoms. The van der Waals surface area contributed by atoms with Crippen LogP contribution in [0.1, 0.15) is 11.5 Å². The van der Waals surface area contributed by atoms with Gasteiger partial charge in [0.05, 0.1) is 13.0 Å². The molecule has 1 unspecified atom stereocenters. The predicted octanol–water partition coefficient (Wildman–Crippen LogP) is 3.80. The van der Waals surface area contributed by atoms with Gasteiger partial charge < -0.3 is 10.1 Å². The van der Waals surface area contributed by atoms with Crippen LogP contribution in [0.25, 0.3) is 0 Å². The Hall–Kier alpha value is -1.63. The van der Waals surface area contributed by atoms with Crippen LogP contribution in [0.2, 0.25) is 0 Å². The van der Waals surface area contributed by atoms with Crippen molar-refractivity contribution < 1.29 is 13.9 Å². The summed E-state index contributed by atoms with van der Waals surface area (Å²) in [5, 5.41) is 3.18. The molecule has 0 aromatic heterocycles. The third-order valence-electron chi connectivity index (χ3n) is 3.12. The van der Waals surface area contributed by atoms with Crippen molar-refractivity contribution in [2.45, 2.75) is 5.92 Å². The summed E-state index contributed by atoms with van der Waals surface area (Å²) in [6.45, 7) is 0.387. The normalized spacial score (nSPS) is 11.8. The van der Waals surface area contributed by atoms with Gasteiger partial charge in [0, 0.05) is 15.8 Å². The van der Waals surface area contributed by atoms with E-state index in [-0.39, 0.29) is 11.8 Å². The highest BCUT2D eigenvalue weighted by molar-refractivity contribution is 14.1. The number of methoxy groups -OCH3 is 1. The van der Waals surface area contributed by atoms with Gasteiger partial charge in [-0.15, -0.1) is 0 Å². The molecule has 110 valence electrons. The summed E-state index contributed by atoms with van der Waals surface area (Å²) in [4.78, 5) is 11.9. The van der Waals surface area contributed by atoms with E-state index in [2.05, 4.69) is 27.9 Å². The highest BCUT2D eigenvalue weighted by Gasteiger charge is 2.21. The Bertz CT molecular complexity index is 619. The SMILES string of the molecule is COC(=O)C(CNc1ccc(F)cc1I)c1ccccc1. The Morgan fingerprint density at radius 2 is 2.00 bits per heavy atom. The van der Waals surface area contributed by atoms with Gasteiger partial charge in [0.25, 0.3) is 0 Å². The second-order valence-corrected chi connectivity index (χ2v) is 5.65. The van der Waals surface area contributed by atoms with E-state index in [0.717, 1.165) is 14.8 Å². The maximum atomic E-state index is 13.1. The van der Waals surface area contributed by atoms with Crippen molar-refractivity contribution >= 4 is 34.2 Å². The van der Waals surface area contributed by atoms with Gasteiger partial charge in [-0.05, 0) is 46.4 Å². The van der Waals surface area contributed by atoms with Crippen molar-refractivity contribution in [1.82, 2.24) is 0 Å². The van der Waals surface area contributed by atoms with E-state index in [0.29, 0.717) is 6.54 Å². The lowest BCUT2D eigenvalue weighted by Gasteiger charge is -2.17. The fourth-order valence-electron chi connectivity index (χ4n) is 2.01. The molecular formula is C16H15FINO2. The maximum absolute atomic E-state index is 13.1. The third-order valence-corrected chi connectivity index (χ3v) is 4.01. The molecule has 1 atom stereocenters. The summed E-state index contributed by atoms with van der Waals surface area (Å²) < 4.78 is 18.7. The molecule has 2 aromatic carbocycles. The standard InChI is InChI=1S/C16H15FINO2/c1-21-16(20)13(11-5-3-2-4-6-11)10-19-15-8-7-12(17)9-14(15)18/h2-9,13,19H,10H2,1H3. The molecule has 1 N–H and O–H groups in total. The van der Waals surface area contributed by atoms with Crippen LogP contribution < -0.4 is 5.32 Å². The zero-order valence-electron chi connectivity index (χ0n) is 11.5. The lowest BCUT2D eigenvalue weighted by molar-refractivity contribution is -0.142. The average molecular weight is 399 g/mol. The summed E-state index contributed by atoms with van der Waals surface area (Å²) in [7, 11) is 1.37. The predicted molar refractivity (Wildman–Crippen MR) is 88.8 cm³/mol. The minimum absolute atomic E-state index is 0.280. The number of esters is 1. The number of hydrogen-bond acceptors (Lipinski definition) is 3. The molecule has 0 saturated carbocycles. The minimum Gasteiger partial charge on any atom is -0.468 e. The first-order valence-electron chi connectivity index (χ1n) is 6.43. The van der Waals surface area contributed by atoms with Gasteiger partial charge in [0.1, 0.15) is 5.82 Å². The number of halogens is 2. The summed E-state index contributed by atoms with van der Waals surface area (Å²) >= 11 is 2.06. The monoisotopic (exact) mass is 399 g/mol. The van der Waals surface area contributed by atoms with E-state index in [4.69, 9.17) is 4.74 Å². The zero-order chi connectivity index (χ0) is 15.2. The quantitative estimate of drug-likeness (QED) is 0.614. The average Bonchev–Trinajstić information content (AvgIpc) is 2.50. The van der Waals surface area contributed by atoms with Crippen molar-refractivity contribution in [3.05, 3.63) is 63.5 Å². The smallest absolute Gasteiger partial charge is 0.314 e. The molecular weight excluding hydrogens is 384 g/mol. The van der Waals surface area contributed by atoms with E-state index < -0.39 is 5.92 Å². The molecule has 21 heavy (non-hydrogen) atoms. The van der Waals surface area contributed by atoms with E-state index in [1.54, 1.807) is 6.07 Å². The van der Waals surface area contributed by atoms with Gasteiger partial charge in [-0.2, -0.15) is 0 Å². The van der Waals surface area contributed by atoms with E-state index in [9.17, 15) is 9.18 Å². The number of carbonyl (C=O) groups is 1. The number of carbonyl (C=O) groups excluding carboxylic acids is 1. The number of anilines is 1. The molecule has 0 bridgehead atoms. The van der Waals surface area contributed by atoms with Crippen LogP contribution in [0.3, 0.4) is 0 Å². The maximum Gasteiger partial charge on any atom is 0.314 e. The van der Waals surface area contributed by atoms with E-state index in [1.807, 2.05) is 30.3 Å². The van der Waals surface area contributed by atoms with E-state index >= 15 is 0 Å². The number of nitrogens with one attached hydrogen (secondary N) is 1. The molecule has 0 aliphatic rings. The third kappa shape index (κ3) is 4.17. The van der Waals surface area contributed by atoms with Crippen LogP contribution in [0, 0.1) is 9.39 Å². The molecule has 0 aliphatic carbocycles. The highest BCUT2D eigenvalue weighted by atomic mass is 127. The molecule has 0 fully saturated rings. The molecule has 0 aliphatic heterocycles. The second-order valence-electron chi connectivity index (χ2n) is 4.49. The fraction of sp³-hybridized carbons (Fsp3) is 0.188. The van der Waals surface area contributed by atoms with Gasteiger partial charge in [0.15, 0.2) is 0 Å². The molecule has 0 saturated heterocycles. The van der Waals surface area contributed by atoms with Gasteiger partial charge >= 0.3 is 5.97 Å². The first kappa shape index (κ1) is 15.8. The van der Waals surface area contributed by atoms with Crippen LogP contribution in [-0.4, -0.2) is 19.6 Å². The summed E-state index contributed by atoms with van der Waals surface area (Å²) in [6, 6.07) is 13.9. The number of ether oxygens (including phenoxy) is 1. The van der Waals surface area contributed by atoms with Crippen LogP contribution in [0.15, 0.2) is 48.5 Å². The van der Waals surface area contributed by atoms with Crippen molar-refractivity contribution in [3.8, 4) is 0 Å². The van der Waals surface area contributed by atoms with Crippen molar-refractivity contribution in [2.24, 2.45) is 0 Å². The van der Waals surface area contributed by atoms with Gasteiger partial charge in [0.2, 0.25) is 0 Å². The summed E-state index contributed by atoms with van der Waals surface area (Å²) in [5.74, 6) is -0.986. The molecule has 5 heteroatoms. The number of hydrogen-bond donors (Lipinski definition) is 1. The Morgan fingerprint density at radius 3 is 2.62 bits per heavy atom. The lowest BCUT2D eigenvalue weighted by atomic mass is 9.99. The Kier molecular flexibility index (Phi) is 5.55. The topological polar surface area (TPSA) is 38.3 Å². The molecule has 0 amide bonds. The van der Waals surface area contributed by atoms with Gasteiger partial charge in [-0.3, -0.25) is 4.79 Å².